The first-order valence-electron chi connectivity index (χ1n) is 6.58. The number of nitrogens with zero attached hydrogens (tertiary/aromatic N) is 1. The number of ether oxygens (including phenoxy) is 1. The van der Waals surface area contributed by atoms with E-state index < -0.39 is 37.6 Å². The summed E-state index contributed by atoms with van der Waals surface area (Å²) in [5.74, 6) is -1.20. The molecule has 24 heavy (non-hydrogen) atoms. The van der Waals surface area contributed by atoms with Gasteiger partial charge in [0.1, 0.15) is 28.2 Å². The number of hydrogen-bond acceptors (Lipinski definition) is 7. The van der Waals surface area contributed by atoms with Crippen LogP contribution in [-0.2, 0) is 24.7 Å². The summed E-state index contributed by atoms with van der Waals surface area (Å²) >= 11 is 0. The second-order valence-electron chi connectivity index (χ2n) is 4.82. The Morgan fingerprint density at radius 1 is 1.25 bits per heavy atom. The number of methoxy groups -OCH3 is 1. The third-order valence-corrected chi connectivity index (χ3v) is 5.22. The van der Waals surface area contributed by atoms with Crippen molar-refractivity contribution in [2.75, 3.05) is 25.7 Å². The Morgan fingerprint density at radius 3 is 2.29 bits per heavy atom. The number of carbonyl (C=O) groups excluding carboxylic acids is 1. The fourth-order valence-corrected chi connectivity index (χ4v) is 3.87. The van der Waals surface area contributed by atoms with Crippen LogP contribution in [0.2, 0.25) is 0 Å². The Labute approximate surface area is 140 Å². The van der Waals surface area contributed by atoms with Crippen molar-refractivity contribution in [2.24, 2.45) is 0 Å². The topological polar surface area (TPSA) is 142 Å². The van der Waals surface area contributed by atoms with Crippen LogP contribution in [0.5, 0.6) is 5.75 Å². The number of benzene rings is 1. The van der Waals surface area contributed by atoms with Crippen LogP contribution >= 0.6 is 0 Å². The number of nitriles is 1. The Balaban J connectivity index is 3.05. The monoisotopic (exact) mass is 375 g/mol. The number of rotatable bonds is 8. The molecule has 0 aliphatic rings. The zero-order valence-electron chi connectivity index (χ0n) is 13.0. The van der Waals surface area contributed by atoms with E-state index in [9.17, 15) is 21.6 Å². The smallest absolute Gasteiger partial charge is 0.241 e. The Hall–Kier alpha value is -2.16. The van der Waals surface area contributed by atoms with Crippen molar-refractivity contribution in [3.63, 3.8) is 0 Å². The molecule has 0 aliphatic carbocycles. The molecule has 0 heterocycles. The SMILES string of the molecule is COc1ccc(S(=O)(=O)NC(CS(C)(=O)=O)C(=O)NCC#N)cc1. The Morgan fingerprint density at radius 2 is 1.83 bits per heavy atom. The molecule has 0 spiro atoms. The van der Waals surface area contributed by atoms with Crippen molar-refractivity contribution in [1.82, 2.24) is 10.0 Å². The van der Waals surface area contributed by atoms with Crippen molar-refractivity contribution in [1.29, 1.82) is 5.26 Å². The molecule has 0 saturated heterocycles. The van der Waals surface area contributed by atoms with Crippen LogP contribution in [0.15, 0.2) is 29.2 Å². The van der Waals surface area contributed by atoms with Gasteiger partial charge >= 0.3 is 0 Å². The first-order chi connectivity index (χ1) is 11.1. The number of amides is 1. The van der Waals surface area contributed by atoms with Crippen molar-refractivity contribution < 1.29 is 26.4 Å². The van der Waals surface area contributed by atoms with Gasteiger partial charge in [-0.1, -0.05) is 0 Å². The van der Waals surface area contributed by atoms with Crippen LogP contribution in [0, 0.1) is 11.3 Å². The lowest BCUT2D eigenvalue weighted by atomic mass is 10.3. The van der Waals surface area contributed by atoms with Crippen LogP contribution in [0.4, 0.5) is 0 Å². The molecule has 132 valence electrons. The average Bonchev–Trinajstić information content (AvgIpc) is 2.50. The molecule has 11 heteroatoms. The molecule has 0 radical (unpaired) electrons. The number of carbonyl (C=O) groups is 1. The third kappa shape index (κ3) is 6.15. The molecule has 1 unspecified atom stereocenters. The van der Waals surface area contributed by atoms with E-state index in [-0.39, 0.29) is 11.4 Å². The van der Waals surface area contributed by atoms with Crippen molar-refractivity contribution in [2.45, 2.75) is 10.9 Å². The summed E-state index contributed by atoms with van der Waals surface area (Å²) in [6.45, 7) is -0.372. The van der Waals surface area contributed by atoms with Crippen LogP contribution in [0.3, 0.4) is 0 Å². The summed E-state index contributed by atoms with van der Waals surface area (Å²) < 4.78 is 54.5. The highest BCUT2D eigenvalue weighted by Gasteiger charge is 2.28. The van der Waals surface area contributed by atoms with Crippen LogP contribution in [-0.4, -0.2) is 54.4 Å². The summed E-state index contributed by atoms with van der Waals surface area (Å²) in [6, 6.07) is 5.43. The van der Waals surface area contributed by atoms with E-state index in [0.717, 1.165) is 6.26 Å². The summed E-state index contributed by atoms with van der Waals surface area (Å²) in [4.78, 5) is 11.8. The van der Waals surface area contributed by atoms with Gasteiger partial charge in [-0.25, -0.2) is 16.8 Å². The molecule has 0 saturated carbocycles. The average molecular weight is 375 g/mol. The maximum Gasteiger partial charge on any atom is 0.241 e. The molecular formula is C13H17N3O6S2. The van der Waals surface area contributed by atoms with Crippen LogP contribution in [0.25, 0.3) is 0 Å². The molecule has 1 rings (SSSR count). The molecule has 0 bridgehead atoms. The minimum absolute atomic E-state index is 0.158. The van der Waals surface area contributed by atoms with Gasteiger partial charge in [-0.15, -0.1) is 0 Å². The number of sulfone groups is 1. The zero-order valence-corrected chi connectivity index (χ0v) is 14.6. The fourth-order valence-electron chi connectivity index (χ4n) is 1.73. The molecule has 1 aromatic carbocycles. The maximum atomic E-state index is 12.3. The Bertz CT molecular complexity index is 825. The lowest BCUT2D eigenvalue weighted by molar-refractivity contribution is -0.122. The zero-order chi connectivity index (χ0) is 18.4. The van der Waals surface area contributed by atoms with Gasteiger partial charge in [0.25, 0.3) is 0 Å². The van der Waals surface area contributed by atoms with Crippen LogP contribution < -0.4 is 14.8 Å². The third-order valence-electron chi connectivity index (χ3n) is 2.79. The van der Waals surface area contributed by atoms with E-state index in [4.69, 9.17) is 10.00 Å². The van der Waals surface area contributed by atoms with E-state index in [0.29, 0.717) is 5.75 Å². The number of hydrogen-bond donors (Lipinski definition) is 2. The summed E-state index contributed by atoms with van der Waals surface area (Å²) in [5.41, 5.74) is 0. The molecule has 0 aliphatic heterocycles. The molecule has 1 atom stereocenters. The molecule has 1 amide bonds. The van der Waals surface area contributed by atoms with E-state index in [2.05, 4.69) is 5.32 Å². The van der Waals surface area contributed by atoms with Gasteiger partial charge in [-0.2, -0.15) is 9.98 Å². The predicted molar refractivity (Wildman–Crippen MR) is 85.4 cm³/mol. The van der Waals surface area contributed by atoms with Gasteiger partial charge in [0.05, 0.1) is 23.8 Å². The summed E-state index contributed by atoms with van der Waals surface area (Å²) in [7, 11) is -6.37. The molecule has 0 fully saturated rings. The van der Waals surface area contributed by atoms with Crippen LogP contribution in [0.1, 0.15) is 0 Å². The molecule has 0 aromatic heterocycles. The minimum Gasteiger partial charge on any atom is -0.497 e. The highest BCUT2D eigenvalue weighted by molar-refractivity contribution is 7.91. The van der Waals surface area contributed by atoms with Crippen molar-refractivity contribution >= 4 is 25.8 Å². The quantitative estimate of drug-likeness (QED) is 0.556. The fraction of sp³-hybridized carbons (Fsp3) is 0.385. The lowest BCUT2D eigenvalue weighted by Gasteiger charge is -2.17. The van der Waals surface area contributed by atoms with Crippen molar-refractivity contribution in [3.05, 3.63) is 24.3 Å². The second-order valence-corrected chi connectivity index (χ2v) is 8.72. The van der Waals surface area contributed by atoms with Gasteiger partial charge in [0.2, 0.25) is 15.9 Å². The van der Waals surface area contributed by atoms with Gasteiger partial charge in [-0.3, -0.25) is 4.79 Å². The molecule has 9 nitrogen and oxygen atoms in total. The van der Waals surface area contributed by atoms with E-state index in [1.165, 1.54) is 31.4 Å². The minimum atomic E-state index is -4.14. The summed E-state index contributed by atoms with van der Waals surface area (Å²) in [6.07, 6.45) is 0.874. The molecule has 2 N–H and O–H groups in total. The lowest BCUT2D eigenvalue weighted by Crippen LogP contribution is -2.50. The van der Waals surface area contributed by atoms with E-state index in [1.54, 1.807) is 6.07 Å². The first-order valence-corrected chi connectivity index (χ1v) is 10.1. The van der Waals surface area contributed by atoms with Gasteiger partial charge < -0.3 is 10.1 Å². The Kier molecular flexibility index (Phi) is 6.70. The number of sulfonamides is 1. The standard InChI is InChI=1S/C13H17N3O6S2/c1-22-10-3-5-11(6-4-10)24(20,21)16-12(9-23(2,18)19)13(17)15-8-7-14/h3-6,12,16H,8-9H2,1-2H3,(H,15,17). The van der Waals surface area contributed by atoms with Crippen molar-refractivity contribution in [3.8, 4) is 11.8 Å². The molecule has 1 aromatic rings. The largest absolute Gasteiger partial charge is 0.497 e. The second kappa shape index (κ2) is 8.09. The normalized spacial score (nSPS) is 12.9. The predicted octanol–water partition coefficient (Wildman–Crippen LogP) is -0.974. The van der Waals surface area contributed by atoms with Gasteiger partial charge in [0.15, 0.2) is 0 Å². The van der Waals surface area contributed by atoms with Gasteiger partial charge in [-0.05, 0) is 24.3 Å². The maximum absolute atomic E-state index is 12.3. The highest BCUT2D eigenvalue weighted by atomic mass is 32.2. The van der Waals surface area contributed by atoms with E-state index >= 15 is 0 Å². The van der Waals surface area contributed by atoms with Gasteiger partial charge in [0, 0.05) is 6.26 Å². The first kappa shape index (κ1) is 19.9. The highest BCUT2D eigenvalue weighted by Crippen LogP contribution is 2.15. The molecular weight excluding hydrogens is 358 g/mol. The summed E-state index contributed by atoms with van der Waals surface area (Å²) in [5, 5.41) is 10.6. The number of nitrogens with one attached hydrogen (secondary N) is 2. The van der Waals surface area contributed by atoms with E-state index in [1.807, 2.05) is 4.72 Å².